The van der Waals surface area contributed by atoms with Crippen molar-refractivity contribution in [3.63, 3.8) is 0 Å². The molecule has 0 fully saturated rings. The van der Waals surface area contributed by atoms with Gasteiger partial charge < -0.3 is 5.73 Å². The van der Waals surface area contributed by atoms with E-state index in [-0.39, 0.29) is 6.04 Å². The van der Waals surface area contributed by atoms with Crippen LogP contribution in [0.2, 0.25) is 0 Å². The predicted molar refractivity (Wildman–Crippen MR) is 41.6 cm³/mol. The van der Waals surface area contributed by atoms with E-state index in [2.05, 4.69) is 4.98 Å². The summed E-state index contributed by atoms with van der Waals surface area (Å²) in [4.78, 5) is 4.07. The second-order valence-corrected chi connectivity index (χ2v) is 2.52. The summed E-state index contributed by atoms with van der Waals surface area (Å²) in [6.45, 7) is 3.93. The molecule has 1 aromatic heterocycles. The van der Waals surface area contributed by atoms with Crippen LogP contribution in [0, 0.1) is 6.92 Å². The van der Waals surface area contributed by atoms with Gasteiger partial charge in [-0.25, -0.2) is 0 Å². The second kappa shape index (κ2) is 2.80. The first-order chi connectivity index (χ1) is 4.70. The molecule has 1 aromatic rings. The van der Waals surface area contributed by atoms with Crippen LogP contribution < -0.4 is 5.73 Å². The first-order valence-electron chi connectivity index (χ1n) is 3.38. The molecular formula is C8H12N2. The zero-order chi connectivity index (χ0) is 7.56. The Morgan fingerprint density at radius 2 is 2.30 bits per heavy atom. The monoisotopic (exact) mass is 136 g/mol. The van der Waals surface area contributed by atoms with Gasteiger partial charge in [-0.2, -0.15) is 0 Å². The highest BCUT2D eigenvalue weighted by Crippen LogP contribution is 2.08. The number of aryl methyl sites for hydroxylation is 1. The minimum absolute atomic E-state index is 0.113. The lowest BCUT2D eigenvalue weighted by atomic mass is 10.1. The maximum Gasteiger partial charge on any atom is 0.0375 e. The van der Waals surface area contributed by atoms with Crippen LogP contribution in [0.25, 0.3) is 0 Å². The summed E-state index contributed by atoms with van der Waals surface area (Å²) in [6.07, 6.45) is 1.79. The Bertz CT molecular complexity index is 218. The Labute approximate surface area is 61.1 Å². The molecule has 2 nitrogen and oxygen atoms in total. The fourth-order valence-corrected chi connectivity index (χ4v) is 0.851. The van der Waals surface area contributed by atoms with E-state index < -0.39 is 0 Å². The molecule has 0 unspecified atom stereocenters. The molecule has 2 N–H and O–H groups in total. The average molecular weight is 136 g/mol. The van der Waals surface area contributed by atoms with Crippen molar-refractivity contribution in [2.75, 3.05) is 0 Å². The number of hydrogen-bond donors (Lipinski definition) is 1. The van der Waals surface area contributed by atoms with E-state index >= 15 is 0 Å². The predicted octanol–water partition coefficient (Wildman–Crippen LogP) is 1.41. The third kappa shape index (κ3) is 1.54. The molecule has 0 aliphatic carbocycles. The van der Waals surface area contributed by atoms with Crippen LogP contribution in [0.5, 0.6) is 0 Å². The van der Waals surface area contributed by atoms with Gasteiger partial charge in [-0.15, -0.1) is 0 Å². The highest BCUT2D eigenvalue weighted by molar-refractivity contribution is 5.17. The molecular weight excluding hydrogens is 124 g/mol. The minimum Gasteiger partial charge on any atom is -0.324 e. The lowest BCUT2D eigenvalue weighted by Gasteiger charge is -2.04. The molecule has 10 heavy (non-hydrogen) atoms. The fourth-order valence-electron chi connectivity index (χ4n) is 0.851. The zero-order valence-corrected chi connectivity index (χ0v) is 6.33. The van der Waals surface area contributed by atoms with Crippen molar-refractivity contribution >= 4 is 0 Å². The van der Waals surface area contributed by atoms with Crippen LogP contribution >= 0.6 is 0 Å². The number of nitrogens with zero attached hydrogens (tertiary/aromatic N) is 1. The van der Waals surface area contributed by atoms with E-state index in [4.69, 9.17) is 5.73 Å². The maximum atomic E-state index is 5.65. The number of aromatic nitrogens is 1. The third-order valence-electron chi connectivity index (χ3n) is 1.45. The van der Waals surface area contributed by atoms with Crippen molar-refractivity contribution in [2.24, 2.45) is 5.73 Å². The highest BCUT2D eigenvalue weighted by atomic mass is 14.7. The maximum absolute atomic E-state index is 5.65. The molecule has 1 rings (SSSR count). The van der Waals surface area contributed by atoms with Gasteiger partial charge in [0.15, 0.2) is 0 Å². The van der Waals surface area contributed by atoms with Crippen LogP contribution in [0.3, 0.4) is 0 Å². The molecule has 0 saturated heterocycles. The van der Waals surface area contributed by atoms with Crippen LogP contribution in [0.1, 0.15) is 24.2 Å². The number of rotatable bonds is 1. The normalized spacial score (nSPS) is 13.1. The lowest BCUT2D eigenvalue weighted by Crippen LogP contribution is -2.04. The average Bonchev–Trinajstić information content (AvgIpc) is 1.88. The van der Waals surface area contributed by atoms with Crippen LogP contribution in [-0.2, 0) is 0 Å². The second-order valence-electron chi connectivity index (χ2n) is 2.52. The summed E-state index contributed by atoms with van der Waals surface area (Å²) in [5, 5.41) is 0. The summed E-state index contributed by atoms with van der Waals surface area (Å²) in [5.41, 5.74) is 7.82. The van der Waals surface area contributed by atoms with Crippen molar-refractivity contribution in [3.05, 3.63) is 29.6 Å². The van der Waals surface area contributed by atoms with Gasteiger partial charge in [-0.3, -0.25) is 4.98 Å². The van der Waals surface area contributed by atoms with E-state index in [1.54, 1.807) is 6.20 Å². The van der Waals surface area contributed by atoms with Gasteiger partial charge in [0, 0.05) is 17.9 Å². The summed E-state index contributed by atoms with van der Waals surface area (Å²) in [5.74, 6) is 0. The van der Waals surface area contributed by atoms with Gasteiger partial charge in [0.05, 0.1) is 0 Å². The quantitative estimate of drug-likeness (QED) is 0.634. The van der Waals surface area contributed by atoms with Gasteiger partial charge in [0.2, 0.25) is 0 Å². The summed E-state index contributed by atoms with van der Waals surface area (Å²) < 4.78 is 0. The number of hydrogen-bond acceptors (Lipinski definition) is 2. The summed E-state index contributed by atoms with van der Waals surface area (Å²) in [7, 11) is 0. The standard InChI is InChI=1S/C8H12N2/c1-6-5-8(7(2)9)3-4-10-6/h3-5,7H,9H2,1-2H3/t7-/m0/s1. The van der Waals surface area contributed by atoms with Gasteiger partial charge in [0.1, 0.15) is 0 Å². The smallest absolute Gasteiger partial charge is 0.0375 e. The summed E-state index contributed by atoms with van der Waals surface area (Å²) in [6, 6.07) is 4.06. The van der Waals surface area contributed by atoms with Gasteiger partial charge in [-0.05, 0) is 31.5 Å². The molecule has 0 spiro atoms. The minimum atomic E-state index is 0.113. The van der Waals surface area contributed by atoms with E-state index in [9.17, 15) is 0 Å². The SMILES string of the molecule is Cc1cc([C@H](C)N)ccn1. The molecule has 0 aromatic carbocycles. The zero-order valence-electron chi connectivity index (χ0n) is 6.33. The van der Waals surface area contributed by atoms with E-state index in [0.29, 0.717) is 0 Å². The van der Waals surface area contributed by atoms with Gasteiger partial charge in [0.25, 0.3) is 0 Å². The van der Waals surface area contributed by atoms with Crippen LogP contribution in [0.15, 0.2) is 18.3 Å². The Morgan fingerprint density at radius 1 is 1.60 bits per heavy atom. The van der Waals surface area contributed by atoms with Crippen LogP contribution in [0.4, 0.5) is 0 Å². The third-order valence-corrected chi connectivity index (χ3v) is 1.45. The first-order valence-corrected chi connectivity index (χ1v) is 3.38. The molecule has 54 valence electrons. The Balaban J connectivity index is 2.96. The summed E-state index contributed by atoms with van der Waals surface area (Å²) >= 11 is 0. The van der Waals surface area contributed by atoms with Crippen molar-refractivity contribution in [3.8, 4) is 0 Å². The van der Waals surface area contributed by atoms with E-state index in [0.717, 1.165) is 11.3 Å². The Morgan fingerprint density at radius 3 is 2.70 bits per heavy atom. The van der Waals surface area contributed by atoms with Crippen molar-refractivity contribution in [2.45, 2.75) is 19.9 Å². The molecule has 0 bridgehead atoms. The van der Waals surface area contributed by atoms with Crippen molar-refractivity contribution in [1.29, 1.82) is 0 Å². The molecule has 0 saturated carbocycles. The van der Waals surface area contributed by atoms with Crippen LogP contribution in [-0.4, -0.2) is 4.98 Å². The molecule has 0 amide bonds. The topological polar surface area (TPSA) is 38.9 Å². The van der Waals surface area contributed by atoms with E-state index in [1.165, 1.54) is 0 Å². The highest BCUT2D eigenvalue weighted by Gasteiger charge is 1.97. The number of pyridine rings is 1. The Hall–Kier alpha value is -0.890. The molecule has 1 heterocycles. The molecule has 0 aliphatic rings. The van der Waals surface area contributed by atoms with Gasteiger partial charge >= 0.3 is 0 Å². The van der Waals surface area contributed by atoms with Crippen molar-refractivity contribution < 1.29 is 0 Å². The first kappa shape index (κ1) is 7.22. The molecule has 2 heteroatoms. The fraction of sp³-hybridized carbons (Fsp3) is 0.375. The van der Waals surface area contributed by atoms with E-state index in [1.807, 2.05) is 26.0 Å². The number of nitrogens with two attached hydrogens (primary N) is 1. The molecule has 1 atom stereocenters. The molecule has 0 aliphatic heterocycles. The lowest BCUT2D eigenvalue weighted by molar-refractivity contribution is 0.813. The Kier molecular flexibility index (Phi) is 2.02. The molecule has 0 radical (unpaired) electrons. The largest absolute Gasteiger partial charge is 0.324 e. The van der Waals surface area contributed by atoms with Gasteiger partial charge in [-0.1, -0.05) is 0 Å². The van der Waals surface area contributed by atoms with Crippen molar-refractivity contribution in [1.82, 2.24) is 4.98 Å².